The van der Waals surface area contributed by atoms with Gasteiger partial charge in [0.05, 0.1) is 11.5 Å². The number of carboxylic acid groups (broad SMARTS) is 1. The Morgan fingerprint density at radius 3 is 2.46 bits per heavy atom. The van der Waals surface area contributed by atoms with Gasteiger partial charge in [-0.2, -0.15) is 0 Å². The standard InChI is InChI=1S/C18H17NO6S/c1-11-14-3-2-4-15(17(14)25-16(11)18(21)22)12-5-7-13(8-6-12)26(23,24)19-9-10-20/h2-8,19-20H,9-10H2,1H3,(H,21,22). The van der Waals surface area contributed by atoms with E-state index in [0.717, 1.165) is 0 Å². The number of para-hydroxylation sites is 1. The topological polar surface area (TPSA) is 117 Å². The summed E-state index contributed by atoms with van der Waals surface area (Å²) in [5, 5.41) is 18.7. The van der Waals surface area contributed by atoms with Crippen molar-refractivity contribution >= 4 is 27.0 Å². The second-order valence-corrected chi connectivity index (χ2v) is 7.46. The van der Waals surface area contributed by atoms with E-state index in [2.05, 4.69) is 4.72 Å². The Hall–Kier alpha value is -2.68. The number of carboxylic acids is 1. The number of rotatable bonds is 6. The zero-order valence-corrected chi connectivity index (χ0v) is 14.7. The zero-order valence-electron chi connectivity index (χ0n) is 13.9. The number of carbonyl (C=O) groups is 1. The highest BCUT2D eigenvalue weighted by Gasteiger charge is 2.19. The number of hydrogen-bond donors (Lipinski definition) is 3. The fourth-order valence-corrected chi connectivity index (χ4v) is 3.77. The van der Waals surface area contributed by atoms with E-state index in [-0.39, 0.29) is 23.8 Å². The monoisotopic (exact) mass is 375 g/mol. The Balaban J connectivity index is 2.05. The van der Waals surface area contributed by atoms with Gasteiger partial charge in [0.2, 0.25) is 15.8 Å². The van der Waals surface area contributed by atoms with Gasteiger partial charge in [-0.1, -0.05) is 30.3 Å². The average molecular weight is 375 g/mol. The minimum Gasteiger partial charge on any atom is -0.475 e. The third-order valence-electron chi connectivity index (χ3n) is 4.04. The second-order valence-electron chi connectivity index (χ2n) is 5.69. The molecule has 136 valence electrons. The maximum Gasteiger partial charge on any atom is 0.372 e. The van der Waals surface area contributed by atoms with Gasteiger partial charge in [-0.15, -0.1) is 0 Å². The van der Waals surface area contributed by atoms with Gasteiger partial charge in [-0.25, -0.2) is 17.9 Å². The van der Waals surface area contributed by atoms with Crippen molar-refractivity contribution in [2.75, 3.05) is 13.2 Å². The molecule has 3 rings (SSSR count). The molecule has 0 amide bonds. The predicted molar refractivity (Wildman–Crippen MR) is 95.6 cm³/mol. The van der Waals surface area contributed by atoms with Crippen molar-refractivity contribution in [2.24, 2.45) is 0 Å². The molecule has 0 saturated heterocycles. The molecule has 0 atom stereocenters. The van der Waals surface area contributed by atoms with Gasteiger partial charge in [0.25, 0.3) is 0 Å². The molecule has 0 unspecified atom stereocenters. The third kappa shape index (κ3) is 3.22. The molecule has 7 nitrogen and oxygen atoms in total. The van der Waals surface area contributed by atoms with Crippen LogP contribution >= 0.6 is 0 Å². The normalized spacial score (nSPS) is 11.8. The van der Waals surface area contributed by atoms with E-state index < -0.39 is 16.0 Å². The van der Waals surface area contributed by atoms with Crippen LogP contribution in [0.3, 0.4) is 0 Å². The summed E-state index contributed by atoms with van der Waals surface area (Å²) < 4.78 is 32.0. The first kappa shape index (κ1) is 18.1. The van der Waals surface area contributed by atoms with Crippen LogP contribution in [0.1, 0.15) is 16.1 Å². The molecule has 3 aromatic rings. The Bertz CT molecular complexity index is 1070. The maximum atomic E-state index is 12.1. The van der Waals surface area contributed by atoms with E-state index in [4.69, 9.17) is 9.52 Å². The lowest BCUT2D eigenvalue weighted by Crippen LogP contribution is -2.26. The summed E-state index contributed by atoms with van der Waals surface area (Å²) in [6.45, 7) is 1.33. The largest absolute Gasteiger partial charge is 0.475 e. The van der Waals surface area contributed by atoms with Crippen LogP contribution in [-0.4, -0.2) is 37.8 Å². The summed E-state index contributed by atoms with van der Waals surface area (Å²) >= 11 is 0. The number of sulfonamides is 1. The smallest absolute Gasteiger partial charge is 0.372 e. The summed E-state index contributed by atoms with van der Waals surface area (Å²) in [4.78, 5) is 11.4. The number of fused-ring (bicyclic) bond motifs is 1. The van der Waals surface area contributed by atoms with Crippen LogP contribution in [0, 0.1) is 6.92 Å². The van der Waals surface area contributed by atoms with Gasteiger partial charge in [0.15, 0.2) is 0 Å². The molecule has 0 aliphatic rings. The number of nitrogens with one attached hydrogen (secondary N) is 1. The molecule has 8 heteroatoms. The molecule has 1 heterocycles. The van der Waals surface area contributed by atoms with Crippen molar-refractivity contribution < 1.29 is 27.8 Å². The lowest BCUT2D eigenvalue weighted by Gasteiger charge is -2.07. The Morgan fingerprint density at radius 1 is 1.15 bits per heavy atom. The van der Waals surface area contributed by atoms with Crippen molar-refractivity contribution in [3.63, 3.8) is 0 Å². The number of aryl methyl sites for hydroxylation is 1. The third-order valence-corrected chi connectivity index (χ3v) is 5.51. The van der Waals surface area contributed by atoms with Crippen molar-refractivity contribution in [1.29, 1.82) is 0 Å². The summed E-state index contributed by atoms with van der Waals surface area (Å²) in [7, 11) is -3.69. The van der Waals surface area contributed by atoms with Crippen LogP contribution < -0.4 is 4.72 Å². The van der Waals surface area contributed by atoms with Gasteiger partial charge >= 0.3 is 5.97 Å². The van der Waals surface area contributed by atoms with Crippen molar-refractivity contribution in [1.82, 2.24) is 4.72 Å². The molecule has 0 bridgehead atoms. The Morgan fingerprint density at radius 2 is 1.85 bits per heavy atom. The van der Waals surface area contributed by atoms with E-state index in [1.54, 1.807) is 37.3 Å². The second kappa shape index (κ2) is 6.91. The zero-order chi connectivity index (χ0) is 18.9. The molecule has 2 aromatic carbocycles. The summed E-state index contributed by atoms with van der Waals surface area (Å²) in [6, 6.07) is 11.5. The molecule has 3 N–H and O–H groups in total. The van der Waals surface area contributed by atoms with Crippen LogP contribution in [0.15, 0.2) is 51.8 Å². The highest BCUT2D eigenvalue weighted by atomic mass is 32.2. The first-order chi connectivity index (χ1) is 12.3. The number of furan rings is 1. The molecule has 1 aromatic heterocycles. The summed E-state index contributed by atoms with van der Waals surface area (Å²) in [5.41, 5.74) is 2.35. The molecular formula is C18H17NO6S. The van der Waals surface area contributed by atoms with Gasteiger partial charge < -0.3 is 14.6 Å². The predicted octanol–water partition coefficient (Wildman–Crippen LogP) is 2.38. The maximum absolute atomic E-state index is 12.1. The molecular weight excluding hydrogens is 358 g/mol. The molecule has 0 fully saturated rings. The van der Waals surface area contributed by atoms with Crippen LogP contribution in [0.25, 0.3) is 22.1 Å². The summed E-state index contributed by atoms with van der Waals surface area (Å²) in [5.74, 6) is -1.25. The minimum absolute atomic E-state index is 0.0625. The number of aromatic carboxylic acids is 1. The molecule has 0 spiro atoms. The van der Waals surface area contributed by atoms with Crippen molar-refractivity contribution in [3.05, 3.63) is 53.8 Å². The number of hydrogen-bond acceptors (Lipinski definition) is 5. The molecule has 26 heavy (non-hydrogen) atoms. The van der Waals surface area contributed by atoms with Crippen molar-refractivity contribution in [2.45, 2.75) is 11.8 Å². The molecule has 0 aliphatic carbocycles. The van der Waals surface area contributed by atoms with E-state index in [1.807, 2.05) is 0 Å². The average Bonchev–Trinajstić information content (AvgIpc) is 2.97. The number of benzene rings is 2. The molecule has 0 aliphatic heterocycles. The Labute approximate surface area is 149 Å². The van der Waals surface area contributed by atoms with Crippen LogP contribution in [0.5, 0.6) is 0 Å². The quantitative estimate of drug-likeness (QED) is 0.609. The van der Waals surface area contributed by atoms with Gasteiger partial charge in [0, 0.05) is 23.1 Å². The molecule has 0 radical (unpaired) electrons. The highest BCUT2D eigenvalue weighted by Crippen LogP contribution is 2.34. The lowest BCUT2D eigenvalue weighted by molar-refractivity contribution is 0.0664. The highest BCUT2D eigenvalue weighted by molar-refractivity contribution is 7.89. The van der Waals surface area contributed by atoms with Crippen LogP contribution in [-0.2, 0) is 10.0 Å². The summed E-state index contributed by atoms with van der Waals surface area (Å²) in [6.07, 6.45) is 0. The lowest BCUT2D eigenvalue weighted by atomic mass is 10.0. The van der Waals surface area contributed by atoms with E-state index in [0.29, 0.717) is 27.7 Å². The van der Waals surface area contributed by atoms with E-state index >= 15 is 0 Å². The van der Waals surface area contributed by atoms with E-state index in [9.17, 15) is 18.3 Å². The fraction of sp³-hybridized carbons (Fsp3) is 0.167. The van der Waals surface area contributed by atoms with Gasteiger partial charge in [-0.3, -0.25) is 0 Å². The van der Waals surface area contributed by atoms with Gasteiger partial charge in [0.1, 0.15) is 5.58 Å². The SMILES string of the molecule is Cc1c(C(=O)O)oc2c(-c3ccc(S(=O)(=O)NCCO)cc3)cccc12. The molecule has 0 saturated carbocycles. The fourth-order valence-electron chi connectivity index (χ4n) is 2.75. The number of aliphatic hydroxyl groups excluding tert-OH is 1. The minimum atomic E-state index is -3.69. The van der Waals surface area contributed by atoms with E-state index in [1.165, 1.54) is 12.1 Å². The van der Waals surface area contributed by atoms with Crippen LogP contribution in [0.4, 0.5) is 0 Å². The van der Waals surface area contributed by atoms with Crippen LogP contribution in [0.2, 0.25) is 0 Å². The van der Waals surface area contributed by atoms with Crippen molar-refractivity contribution in [3.8, 4) is 11.1 Å². The first-order valence-electron chi connectivity index (χ1n) is 7.81. The number of aliphatic hydroxyl groups is 1. The Kier molecular flexibility index (Phi) is 4.82. The first-order valence-corrected chi connectivity index (χ1v) is 9.30. The van der Waals surface area contributed by atoms with Gasteiger partial charge in [-0.05, 0) is 24.6 Å².